The van der Waals surface area contributed by atoms with Crippen LogP contribution in [0, 0.1) is 5.92 Å². The minimum Gasteiger partial charge on any atom is -0.487 e. The quantitative estimate of drug-likeness (QED) is 0.683. The number of hydrogen-bond donors (Lipinski definition) is 0. The molecular formula is C12H13ClO. The zero-order chi connectivity index (χ0) is 10.1. The van der Waals surface area contributed by atoms with E-state index in [1.165, 1.54) is 5.57 Å². The van der Waals surface area contributed by atoms with Gasteiger partial charge in [-0.15, -0.1) is 0 Å². The molecule has 74 valence electrons. The number of halogens is 1. The predicted molar refractivity (Wildman–Crippen MR) is 59.8 cm³/mol. The van der Waals surface area contributed by atoms with Crippen molar-refractivity contribution in [3.8, 4) is 5.75 Å². The number of fused-ring (bicyclic) bond motifs is 1. The van der Waals surface area contributed by atoms with Crippen LogP contribution in [0.2, 0.25) is 5.02 Å². The Hall–Kier alpha value is -0.950. The SMILES string of the molecule is CC(C)C1=Cc2cccc(Cl)c2OC1. The highest BCUT2D eigenvalue weighted by molar-refractivity contribution is 6.32. The third-order valence-electron chi connectivity index (χ3n) is 2.46. The lowest BCUT2D eigenvalue weighted by atomic mass is 9.99. The molecule has 0 aromatic heterocycles. The van der Waals surface area contributed by atoms with Gasteiger partial charge in [-0.1, -0.05) is 37.6 Å². The molecule has 0 saturated heterocycles. The van der Waals surface area contributed by atoms with E-state index in [1.54, 1.807) is 0 Å². The molecule has 0 bridgehead atoms. The Kier molecular flexibility index (Phi) is 2.51. The summed E-state index contributed by atoms with van der Waals surface area (Å²) in [6, 6.07) is 5.83. The first-order valence-corrected chi connectivity index (χ1v) is 5.18. The molecular weight excluding hydrogens is 196 g/mol. The lowest BCUT2D eigenvalue weighted by Crippen LogP contribution is -2.11. The number of hydrogen-bond acceptors (Lipinski definition) is 1. The predicted octanol–water partition coefficient (Wildman–Crippen LogP) is 3.77. The van der Waals surface area contributed by atoms with Crippen LogP contribution in [0.5, 0.6) is 5.75 Å². The summed E-state index contributed by atoms with van der Waals surface area (Å²) in [5, 5.41) is 0.696. The standard InChI is InChI=1S/C12H13ClO/c1-8(2)10-6-9-4-3-5-11(13)12(9)14-7-10/h3-6,8H,7H2,1-2H3. The van der Waals surface area contributed by atoms with Gasteiger partial charge in [-0.25, -0.2) is 0 Å². The van der Waals surface area contributed by atoms with Crippen LogP contribution >= 0.6 is 11.6 Å². The molecule has 1 aromatic carbocycles. The second kappa shape index (κ2) is 3.66. The Morgan fingerprint density at radius 1 is 1.36 bits per heavy atom. The van der Waals surface area contributed by atoms with Crippen molar-refractivity contribution >= 4 is 17.7 Å². The van der Waals surface area contributed by atoms with Crippen molar-refractivity contribution in [3.63, 3.8) is 0 Å². The molecule has 0 unspecified atom stereocenters. The summed E-state index contributed by atoms with van der Waals surface area (Å²) in [7, 11) is 0. The highest BCUT2D eigenvalue weighted by Crippen LogP contribution is 2.34. The van der Waals surface area contributed by atoms with Gasteiger partial charge < -0.3 is 4.74 Å². The van der Waals surface area contributed by atoms with Crippen molar-refractivity contribution in [2.45, 2.75) is 13.8 Å². The molecule has 0 atom stereocenters. The van der Waals surface area contributed by atoms with E-state index in [-0.39, 0.29) is 0 Å². The van der Waals surface area contributed by atoms with E-state index in [0.29, 0.717) is 17.5 Å². The fraction of sp³-hybridized carbons (Fsp3) is 0.333. The summed E-state index contributed by atoms with van der Waals surface area (Å²) in [4.78, 5) is 0. The van der Waals surface area contributed by atoms with Crippen LogP contribution in [0.25, 0.3) is 6.08 Å². The molecule has 14 heavy (non-hydrogen) atoms. The van der Waals surface area contributed by atoms with Gasteiger partial charge in [-0.05, 0) is 23.6 Å². The highest BCUT2D eigenvalue weighted by Gasteiger charge is 2.15. The summed E-state index contributed by atoms with van der Waals surface area (Å²) >= 11 is 6.02. The molecule has 1 nitrogen and oxygen atoms in total. The minimum atomic E-state index is 0.530. The topological polar surface area (TPSA) is 9.23 Å². The molecule has 0 radical (unpaired) electrons. The average molecular weight is 209 g/mol. The Bertz CT molecular complexity index is 380. The van der Waals surface area contributed by atoms with Gasteiger partial charge in [-0.3, -0.25) is 0 Å². The highest BCUT2D eigenvalue weighted by atomic mass is 35.5. The number of ether oxygens (including phenoxy) is 1. The first kappa shape index (κ1) is 9.60. The van der Waals surface area contributed by atoms with Gasteiger partial charge >= 0.3 is 0 Å². The van der Waals surface area contributed by atoms with Gasteiger partial charge in [0, 0.05) is 5.56 Å². The van der Waals surface area contributed by atoms with Crippen LogP contribution in [0.4, 0.5) is 0 Å². The molecule has 2 rings (SSSR count). The molecule has 0 spiro atoms. The average Bonchev–Trinajstić information content (AvgIpc) is 2.17. The molecule has 0 fully saturated rings. The fourth-order valence-electron chi connectivity index (χ4n) is 1.52. The Morgan fingerprint density at radius 2 is 2.14 bits per heavy atom. The molecule has 2 heteroatoms. The van der Waals surface area contributed by atoms with Gasteiger partial charge in [0.15, 0.2) is 0 Å². The van der Waals surface area contributed by atoms with Crippen LogP contribution < -0.4 is 4.74 Å². The zero-order valence-electron chi connectivity index (χ0n) is 8.38. The molecule has 0 aliphatic carbocycles. The van der Waals surface area contributed by atoms with E-state index in [0.717, 1.165) is 11.3 Å². The van der Waals surface area contributed by atoms with E-state index in [1.807, 2.05) is 18.2 Å². The lowest BCUT2D eigenvalue weighted by molar-refractivity contribution is 0.335. The number of rotatable bonds is 1. The van der Waals surface area contributed by atoms with Crippen molar-refractivity contribution < 1.29 is 4.74 Å². The molecule has 0 amide bonds. The van der Waals surface area contributed by atoms with E-state index in [4.69, 9.17) is 16.3 Å². The molecule has 1 aromatic rings. The van der Waals surface area contributed by atoms with E-state index >= 15 is 0 Å². The van der Waals surface area contributed by atoms with Gasteiger partial charge in [0.2, 0.25) is 0 Å². The van der Waals surface area contributed by atoms with Gasteiger partial charge in [0.1, 0.15) is 12.4 Å². The van der Waals surface area contributed by atoms with Crippen LogP contribution in [-0.2, 0) is 0 Å². The second-order valence-corrected chi connectivity index (χ2v) is 4.23. The zero-order valence-corrected chi connectivity index (χ0v) is 9.14. The summed E-state index contributed by atoms with van der Waals surface area (Å²) < 4.78 is 5.63. The van der Waals surface area contributed by atoms with Crippen molar-refractivity contribution in [2.75, 3.05) is 6.61 Å². The normalized spacial score (nSPS) is 14.7. The van der Waals surface area contributed by atoms with E-state index < -0.39 is 0 Å². The van der Waals surface area contributed by atoms with Crippen molar-refractivity contribution in [3.05, 3.63) is 34.4 Å². The Balaban J connectivity index is 2.45. The van der Waals surface area contributed by atoms with E-state index in [2.05, 4.69) is 19.9 Å². The molecule has 0 saturated carbocycles. The number of benzene rings is 1. The monoisotopic (exact) mass is 208 g/mol. The second-order valence-electron chi connectivity index (χ2n) is 3.82. The van der Waals surface area contributed by atoms with Gasteiger partial charge in [-0.2, -0.15) is 0 Å². The third-order valence-corrected chi connectivity index (χ3v) is 2.76. The maximum absolute atomic E-state index is 6.02. The third kappa shape index (κ3) is 1.64. The summed E-state index contributed by atoms with van der Waals surface area (Å²) in [6.45, 7) is 5.00. The molecule has 1 heterocycles. The summed E-state index contributed by atoms with van der Waals surface area (Å²) in [5.74, 6) is 1.35. The van der Waals surface area contributed by atoms with Gasteiger partial charge in [0.25, 0.3) is 0 Å². The first-order valence-electron chi connectivity index (χ1n) is 4.80. The molecule has 1 aliphatic rings. The lowest BCUT2D eigenvalue weighted by Gasteiger charge is -2.20. The maximum Gasteiger partial charge on any atom is 0.145 e. The van der Waals surface area contributed by atoms with E-state index in [9.17, 15) is 0 Å². The Labute approximate surface area is 89.3 Å². The first-order chi connectivity index (χ1) is 6.68. The van der Waals surface area contributed by atoms with Gasteiger partial charge in [0.05, 0.1) is 5.02 Å². The van der Waals surface area contributed by atoms with Crippen LogP contribution in [0.1, 0.15) is 19.4 Å². The van der Waals surface area contributed by atoms with Crippen LogP contribution in [-0.4, -0.2) is 6.61 Å². The molecule has 0 N–H and O–H groups in total. The maximum atomic E-state index is 6.02. The molecule has 1 aliphatic heterocycles. The summed E-state index contributed by atoms with van der Waals surface area (Å²) in [6.07, 6.45) is 2.18. The summed E-state index contributed by atoms with van der Waals surface area (Å²) in [5.41, 5.74) is 2.41. The largest absolute Gasteiger partial charge is 0.487 e. The van der Waals surface area contributed by atoms with Crippen molar-refractivity contribution in [1.29, 1.82) is 0 Å². The van der Waals surface area contributed by atoms with Crippen LogP contribution in [0.3, 0.4) is 0 Å². The van der Waals surface area contributed by atoms with Crippen LogP contribution in [0.15, 0.2) is 23.8 Å². The van der Waals surface area contributed by atoms with Crippen molar-refractivity contribution in [2.24, 2.45) is 5.92 Å². The van der Waals surface area contributed by atoms with Crippen molar-refractivity contribution in [1.82, 2.24) is 0 Å². The Morgan fingerprint density at radius 3 is 2.86 bits per heavy atom. The number of para-hydroxylation sites is 1. The smallest absolute Gasteiger partial charge is 0.145 e. The minimum absolute atomic E-state index is 0.530. The fourth-order valence-corrected chi connectivity index (χ4v) is 1.76.